The second-order valence-electron chi connectivity index (χ2n) is 5.04. The topological polar surface area (TPSA) is 67.6 Å². The quantitative estimate of drug-likeness (QED) is 0.796. The van der Waals surface area contributed by atoms with Crippen molar-refractivity contribution in [1.82, 2.24) is 9.55 Å². The van der Waals surface area contributed by atoms with Crippen molar-refractivity contribution in [2.75, 3.05) is 6.54 Å². The van der Waals surface area contributed by atoms with E-state index in [-0.39, 0.29) is 0 Å². The highest BCUT2D eigenvalue weighted by Gasteiger charge is 2.04. The van der Waals surface area contributed by atoms with Gasteiger partial charge in [-0.3, -0.25) is 0 Å². The van der Waals surface area contributed by atoms with Crippen molar-refractivity contribution in [2.24, 2.45) is 5.73 Å². The molecule has 21 heavy (non-hydrogen) atoms. The van der Waals surface area contributed by atoms with Crippen molar-refractivity contribution < 1.29 is 0 Å². The van der Waals surface area contributed by atoms with Gasteiger partial charge in [-0.05, 0) is 59.8 Å². The molecule has 2 heterocycles. The number of nitrogens with zero attached hydrogens (tertiary/aromatic N) is 3. The molecule has 0 atom stereocenters. The normalized spacial score (nSPS) is 10.7. The van der Waals surface area contributed by atoms with E-state index >= 15 is 0 Å². The van der Waals surface area contributed by atoms with Gasteiger partial charge in [0.25, 0.3) is 0 Å². The Bertz CT molecular complexity index is 811. The van der Waals surface area contributed by atoms with E-state index in [4.69, 9.17) is 11.0 Å². The zero-order chi connectivity index (χ0) is 14.7. The molecule has 0 aliphatic heterocycles. The van der Waals surface area contributed by atoms with Crippen LogP contribution in [0.25, 0.3) is 10.9 Å². The molecule has 104 valence electrons. The third kappa shape index (κ3) is 2.78. The molecule has 0 aliphatic carbocycles. The van der Waals surface area contributed by atoms with Gasteiger partial charge in [-0.25, -0.2) is 4.98 Å². The molecule has 1 aromatic carbocycles. The van der Waals surface area contributed by atoms with E-state index in [2.05, 4.69) is 46.1 Å². The number of fused-ring (bicyclic) bond motifs is 1. The minimum Gasteiger partial charge on any atom is -0.343 e. The lowest BCUT2D eigenvalue weighted by atomic mass is 10.1. The van der Waals surface area contributed by atoms with E-state index < -0.39 is 0 Å². The largest absolute Gasteiger partial charge is 0.343 e. The van der Waals surface area contributed by atoms with Gasteiger partial charge in [0, 0.05) is 24.5 Å². The lowest BCUT2D eigenvalue weighted by Gasteiger charge is -2.06. The molecule has 4 nitrogen and oxygen atoms in total. The summed E-state index contributed by atoms with van der Waals surface area (Å²) in [5, 5.41) is 10.1. The van der Waals surface area contributed by atoms with Gasteiger partial charge in [0.15, 0.2) is 0 Å². The number of benzene rings is 1. The molecule has 0 saturated heterocycles. The first-order chi connectivity index (χ1) is 10.3. The van der Waals surface area contributed by atoms with Crippen molar-refractivity contribution in [3.05, 3.63) is 65.6 Å². The SMILES string of the molecule is N#Cc1cc(Cn2ccc3cc(CCN)ccc32)ccn1. The van der Waals surface area contributed by atoms with Crippen LogP contribution in [0.3, 0.4) is 0 Å². The highest BCUT2D eigenvalue weighted by atomic mass is 14.9. The van der Waals surface area contributed by atoms with Crippen LogP contribution in [0.15, 0.2) is 48.8 Å². The van der Waals surface area contributed by atoms with Gasteiger partial charge in [0.1, 0.15) is 11.8 Å². The fourth-order valence-electron chi connectivity index (χ4n) is 2.54. The zero-order valence-electron chi connectivity index (χ0n) is 11.7. The number of rotatable bonds is 4. The lowest BCUT2D eigenvalue weighted by molar-refractivity contribution is 0.833. The average molecular weight is 276 g/mol. The molecule has 3 aromatic rings. The maximum atomic E-state index is 8.91. The van der Waals surface area contributed by atoms with Gasteiger partial charge in [-0.2, -0.15) is 5.26 Å². The molecular formula is C17H16N4. The van der Waals surface area contributed by atoms with E-state index in [1.165, 1.54) is 16.5 Å². The van der Waals surface area contributed by atoms with Gasteiger partial charge in [0.2, 0.25) is 0 Å². The summed E-state index contributed by atoms with van der Waals surface area (Å²) in [6.07, 6.45) is 4.65. The van der Waals surface area contributed by atoms with Crippen molar-refractivity contribution in [3.63, 3.8) is 0 Å². The van der Waals surface area contributed by atoms with Crippen LogP contribution in [0.5, 0.6) is 0 Å². The number of nitriles is 1. The summed E-state index contributed by atoms with van der Waals surface area (Å²) in [4.78, 5) is 4.00. The summed E-state index contributed by atoms with van der Waals surface area (Å²) in [5.74, 6) is 0. The molecule has 2 N–H and O–H groups in total. The number of hydrogen-bond acceptors (Lipinski definition) is 3. The second kappa shape index (κ2) is 5.78. The van der Waals surface area contributed by atoms with Crippen LogP contribution in [-0.2, 0) is 13.0 Å². The van der Waals surface area contributed by atoms with Crippen LogP contribution < -0.4 is 5.73 Å². The smallest absolute Gasteiger partial charge is 0.140 e. The molecule has 4 heteroatoms. The maximum Gasteiger partial charge on any atom is 0.140 e. The second-order valence-corrected chi connectivity index (χ2v) is 5.04. The highest BCUT2D eigenvalue weighted by Crippen LogP contribution is 2.19. The van der Waals surface area contributed by atoms with Gasteiger partial charge in [-0.15, -0.1) is 0 Å². The monoisotopic (exact) mass is 276 g/mol. The average Bonchev–Trinajstić information content (AvgIpc) is 2.90. The first kappa shape index (κ1) is 13.3. The Hall–Kier alpha value is -2.64. The summed E-state index contributed by atoms with van der Waals surface area (Å²) in [6.45, 7) is 1.40. The Morgan fingerprint density at radius 1 is 1.14 bits per heavy atom. The lowest BCUT2D eigenvalue weighted by Crippen LogP contribution is -2.02. The van der Waals surface area contributed by atoms with Crippen molar-refractivity contribution in [3.8, 4) is 6.07 Å². The first-order valence-corrected chi connectivity index (χ1v) is 6.93. The highest BCUT2D eigenvalue weighted by molar-refractivity contribution is 5.81. The molecule has 2 aromatic heterocycles. The molecule has 0 radical (unpaired) electrons. The number of nitrogens with two attached hydrogens (primary N) is 1. The molecule has 0 spiro atoms. The molecule has 0 fully saturated rings. The van der Waals surface area contributed by atoms with E-state index in [0.717, 1.165) is 18.5 Å². The number of pyridine rings is 1. The van der Waals surface area contributed by atoms with Crippen molar-refractivity contribution in [2.45, 2.75) is 13.0 Å². The van der Waals surface area contributed by atoms with Gasteiger partial charge >= 0.3 is 0 Å². The predicted molar refractivity (Wildman–Crippen MR) is 82.8 cm³/mol. The minimum atomic E-state index is 0.453. The Morgan fingerprint density at radius 2 is 2.05 bits per heavy atom. The Balaban J connectivity index is 1.92. The zero-order valence-corrected chi connectivity index (χ0v) is 11.7. The molecule has 0 unspecified atom stereocenters. The minimum absolute atomic E-state index is 0.453. The third-order valence-corrected chi connectivity index (χ3v) is 3.56. The fourth-order valence-corrected chi connectivity index (χ4v) is 2.54. The Labute approximate surface area is 123 Å². The van der Waals surface area contributed by atoms with Crippen LogP contribution in [0, 0.1) is 11.3 Å². The molecule has 3 rings (SSSR count). The summed E-state index contributed by atoms with van der Waals surface area (Å²) < 4.78 is 2.18. The van der Waals surface area contributed by atoms with Crippen LogP contribution in [0.4, 0.5) is 0 Å². The van der Waals surface area contributed by atoms with E-state index in [1.54, 1.807) is 6.20 Å². The molecule has 0 aliphatic rings. The van der Waals surface area contributed by atoms with Crippen molar-refractivity contribution in [1.29, 1.82) is 5.26 Å². The van der Waals surface area contributed by atoms with Crippen LogP contribution >= 0.6 is 0 Å². The Kier molecular flexibility index (Phi) is 3.67. The number of aromatic nitrogens is 2. The predicted octanol–water partition coefficient (Wildman–Crippen LogP) is 2.46. The summed E-state index contributed by atoms with van der Waals surface area (Å²) in [6, 6.07) is 14.4. The molecular weight excluding hydrogens is 260 g/mol. The van der Waals surface area contributed by atoms with Crippen LogP contribution in [-0.4, -0.2) is 16.1 Å². The van der Waals surface area contributed by atoms with E-state index in [0.29, 0.717) is 12.2 Å². The van der Waals surface area contributed by atoms with Crippen LogP contribution in [0.2, 0.25) is 0 Å². The third-order valence-electron chi connectivity index (χ3n) is 3.56. The van der Waals surface area contributed by atoms with Crippen LogP contribution in [0.1, 0.15) is 16.8 Å². The standard InChI is InChI=1S/C17H16N4/c18-6-3-13-1-2-17-15(9-13)5-8-21(17)12-14-4-7-20-16(10-14)11-19/h1-2,4-5,7-10H,3,6,12,18H2. The van der Waals surface area contributed by atoms with Gasteiger partial charge in [0.05, 0.1) is 0 Å². The summed E-state index contributed by atoms with van der Waals surface area (Å²) >= 11 is 0. The van der Waals surface area contributed by atoms with Crippen molar-refractivity contribution >= 4 is 10.9 Å². The van der Waals surface area contributed by atoms with Gasteiger partial charge in [-0.1, -0.05) is 6.07 Å². The molecule has 0 amide bonds. The summed E-state index contributed by atoms with van der Waals surface area (Å²) in [7, 11) is 0. The molecule has 0 saturated carbocycles. The maximum absolute atomic E-state index is 8.91. The number of hydrogen-bond donors (Lipinski definition) is 1. The fraction of sp³-hybridized carbons (Fsp3) is 0.176. The Morgan fingerprint density at radius 3 is 2.86 bits per heavy atom. The van der Waals surface area contributed by atoms with E-state index in [9.17, 15) is 0 Å². The van der Waals surface area contributed by atoms with Gasteiger partial charge < -0.3 is 10.3 Å². The summed E-state index contributed by atoms with van der Waals surface area (Å²) in [5.41, 5.74) is 9.58. The first-order valence-electron chi connectivity index (χ1n) is 6.93. The van der Waals surface area contributed by atoms with E-state index in [1.807, 2.05) is 12.1 Å². The molecule has 0 bridgehead atoms.